The number of nitrogens with zero attached hydrogens (tertiary/aromatic N) is 1. The van der Waals surface area contributed by atoms with Crippen LogP contribution < -0.4 is 10.5 Å². The van der Waals surface area contributed by atoms with Crippen molar-refractivity contribution in [3.63, 3.8) is 0 Å². The van der Waals surface area contributed by atoms with Crippen LogP contribution in [-0.4, -0.2) is 6.61 Å². The van der Waals surface area contributed by atoms with Gasteiger partial charge in [0.1, 0.15) is 11.8 Å². The van der Waals surface area contributed by atoms with Crippen molar-refractivity contribution in [2.75, 3.05) is 12.3 Å². The average Bonchev–Trinajstić information content (AvgIpc) is 2.83. The van der Waals surface area contributed by atoms with Crippen molar-refractivity contribution in [2.45, 2.75) is 26.1 Å². The van der Waals surface area contributed by atoms with Crippen LogP contribution in [0.1, 0.15) is 39.2 Å². The molecule has 0 saturated heterocycles. The molecule has 0 saturated carbocycles. The van der Waals surface area contributed by atoms with Gasteiger partial charge in [-0.15, -0.1) is 0 Å². The molecule has 0 spiro atoms. The molecule has 106 valence electrons. The quantitative estimate of drug-likeness (QED) is 0.850. The van der Waals surface area contributed by atoms with Crippen molar-refractivity contribution < 1.29 is 7.48 Å². The van der Waals surface area contributed by atoms with Gasteiger partial charge in [-0.05, 0) is 23.1 Å². The SMILES string of the molecule is [2H]C1([2H])COc2c(-c3ccc(C(C)C)cc3)cc(N)c(C#N)c21. The van der Waals surface area contributed by atoms with Crippen molar-refractivity contribution >= 4 is 5.69 Å². The van der Waals surface area contributed by atoms with Gasteiger partial charge in [0.2, 0.25) is 0 Å². The zero-order valence-corrected chi connectivity index (χ0v) is 12.1. The fourth-order valence-corrected chi connectivity index (χ4v) is 2.57. The molecule has 0 unspecified atom stereocenters. The van der Waals surface area contributed by atoms with Crippen molar-refractivity contribution in [1.82, 2.24) is 0 Å². The van der Waals surface area contributed by atoms with E-state index in [1.54, 1.807) is 6.07 Å². The second-order valence-corrected chi connectivity index (χ2v) is 5.45. The van der Waals surface area contributed by atoms with Crippen LogP contribution in [0, 0.1) is 11.3 Å². The minimum absolute atomic E-state index is 0.0997. The Labute approximate surface area is 127 Å². The van der Waals surface area contributed by atoms with E-state index in [1.807, 2.05) is 30.3 Å². The van der Waals surface area contributed by atoms with Gasteiger partial charge >= 0.3 is 0 Å². The first-order valence-corrected chi connectivity index (χ1v) is 6.95. The maximum absolute atomic E-state index is 9.32. The average molecular weight is 280 g/mol. The van der Waals surface area contributed by atoms with E-state index in [0.717, 1.165) is 11.1 Å². The number of hydrogen-bond donors (Lipinski definition) is 1. The number of benzene rings is 2. The van der Waals surface area contributed by atoms with Gasteiger partial charge in [0.25, 0.3) is 0 Å². The molecule has 3 heteroatoms. The Bertz CT molecular complexity index is 805. The van der Waals surface area contributed by atoms with Gasteiger partial charge in [-0.1, -0.05) is 38.1 Å². The summed E-state index contributed by atoms with van der Waals surface area (Å²) in [5.74, 6) is 0.865. The van der Waals surface area contributed by atoms with Crippen LogP contribution in [0.3, 0.4) is 0 Å². The van der Waals surface area contributed by atoms with Crippen molar-refractivity contribution in [1.29, 1.82) is 5.26 Å². The van der Waals surface area contributed by atoms with E-state index in [1.165, 1.54) is 5.56 Å². The second kappa shape index (κ2) is 5.14. The molecular weight excluding hydrogens is 260 g/mol. The van der Waals surface area contributed by atoms with E-state index >= 15 is 0 Å². The first-order chi connectivity index (χ1) is 10.8. The summed E-state index contributed by atoms with van der Waals surface area (Å²) in [6, 6.07) is 11.8. The molecule has 2 aromatic rings. The van der Waals surface area contributed by atoms with Gasteiger partial charge in [0.15, 0.2) is 0 Å². The molecule has 0 bridgehead atoms. The molecule has 0 aliphatic carbocycles. The van der Waals surface area contributed by atoms with Gasteiger partial charge in [-0.25, -0.2) is 0 Å². The number of nitrogens with two attached hydrogens (primary N) is 1. The maximum Gasteiger partial charge on any atom is 0.131 e. The molecule has 0 aromatic heterocycles. The van der Waals surface area contributed by atoms with Crippen LogP contribution in [0.25, 0.3) is 11.1 Å². The van der Waals surface area contributed by atoms with Crippen LogP contribution in [0.15, 0.2) is 30.3 Å². The molecule has 1 aliphatic heterocycles. The van der Waals surface area contributed by atoms with E-state index in [-0.39, 0.29) is 23.4 Å². The summed E-state index contributed by atoms with van der Waals surface area (Å²) in [6.07, 6.45) is -1.71. The van der Waals surface area contributed by atoms with E-state index in [9.17, 15) is 5.26 Å². The largest absolute Gasteiger partial charge is 0.492 e. The van der Waals surface area contributed by atoms with Crippen molar-refractivity contribution in [2.24, 2.45) is 0 Å². The second-order valence-electron chi connectivity index (χ2n) is 5.45. The van der Waals surface area contributed by atoms with E-state index in [2.05, 4.69) is 13.8 Å². The highest BCUT2D eigenvalue weighted by Gasteiger charge is 2.23. The first-order valence-electron chi connectivity index (χ1n) is 7.95. The summed E-state index contributed by atoms with van der Waals surface area (Å²) in [5.41, 5.74) is 9.57. The molecule has 3 rings (SSSR count). The van der Waals surface area contributed by atoms with Crippen molar-refractivity contribution in [3.05, 3.63) is 47.0 Å². The molecular formula is C18H18N2O. The summed E-state index contributed by atoms with van der Waals surface area (Å²) in [7, 11) is 0. The highest BCUT2D eigenvalue weighted by molar-refractivity contribution is 5.80. The van der Waals surface area contributed by atoms with Crippen LogP contribution >= 0.6 is 0 Å². The first kappa shape index (κ1) is 11.2. The lowest BCUT2D eigenvalue weighted by molar-refractivity contribution is 0.358. The molecule has 0 radical (unpaired) electrons. The van der Waals surface area contributed by atoms with E-state index in [0.29, 0.717) is 11.7 Å². The van der Waals surface area contributed by atoms with Gasteiger partial charge < -0.3 is 10.5 Å². The third-order valence-corrected chi connectivity index (χ3v) is 3.78. The molecule has 3 nitrogen and oxygen atoms in total. The number of hydrogen-bond acceptors (Lipinski definition) is 3. The molecule has 2 N–H and O–H groups in total. The maximum atomic E-state index is 9.32. The van der Waals surface area contributed by atoms with E-state index < -0.39 is 6.37 Å². The number of fused-ring (bicyclic) bond motifs is 1. The van der Waals surface area contributed by atoms with E-state index in [4.69, 9.17) is 13.2 Å². The molecule has 0 fully saturated rings. The highest BCUT2D eigenvalue weighted by Crippen LogP contribution is 2.41. The molecule has 2 aromatic carbocycles. The Kier molecular flexibility index (Phi) is 2.75. The van der Waals surface area contributed by atoms with Crippen molar-refractivity contribution in [3.8, 4) is 22.9 Å². The minimum atomic E-state index is -1.71. The zero-order chi connectivity index (χ0) is 16.8. The minimum Gasteiger partial charge on any atom is -0.492 e. The molecule has 1 aliphatic rings. The number of rotatable bonds is 2. The smallest absolute Gasteiger partial charge is 0.131 e. The Morgan fingerprint density at radius 3 is 2.67 bits per heavy atom. The number of nitriles is 1. The lowest BCUT2D eigenvalue weighted by atomic mass is 9.94. The fraction of sp³-hybridized carbons (Fsp3) is 0.278. The molecule has 0 amide bonds. The van der Waals surface area contributed by atoms with Gasteiger partial charge in [-0.2, -0.15) is 5.26 Å². The summed E-state index contributed by atoms with van der Waals surface area (Å²) >= 11 is 0. The third-order valence-electron chi connectivity index (χ3n) is 3.78. The number of anilines is 1. The monoisotopic (exact) mass is 280 g/mol. The standard InChI is InChI=1S/C18H18N2O/c1-11(2)12-3-5-13(6-4-12)15-9-17(20)16(10-19)14-7-8-21-18(14)15/h3-6,9,11H,7-8,20H2,1-2H3/i7D2. The van der Waals surface area contributed by atoms with Crippen LogP contribution in [0.2, 0.25) is 0 Å². The molecule has 21 heavy (non-hydrogen) atoms. The fourth-order valence-electron chi connectivity index (χ4n) is 2.57. The summed E-state index contributed by atoms with van der Waals surface area (Å²) in [5, 5.41) is 9.32. The Hall–Kier alpha value is -2.47. The van der Waals surface area contributed by atoms with Gasteiger partial charge in [0, 0.05) is 20.2 Å². The Morgan fingerprint density at radius 1 is 1.33 bits per heavy atom. The predicted molar refractivity (Wildman–Crippen MR) is 84.3 cm³/mol. The topological polar surface area (TPSA) is 59.0 Å². The normalized spacial score (nSPS) is 16.7. The summed E-state index contributed by atoms with van der Waals surface area (Å²) in [4.78, 5) is 0. The zero-order valence-electron chi connectivity index (χ0n) is 14.1. The Morgan fingerprint density at radius 2 is 2.05 bits per heavy atom. The predicted octanol–water partition coefficient (Wildman–Crippen LogP) is 3.87. The number of ether oxygens (including phenoxy) is 1. The molecule has 1 heterocycles. The van der Waals surface area contributed by atoms with Crippen LogP contribution in [0.5, 0.6) is 5.75 Å². The highest BCUT2D eigenvalue weighted by atomic mass is 16.5. The Balaban J connectivity index is 2.21. The summed E-state index contributed by atoms with van der Waals surface area (Å²) < 4.78 is 21.8. The lowest BCUT2D eigenvalue weighted by Gasteiger charge is -2.13. The van der Waals surface area contributed by atoms with Gasteiger partial charge in [-0.3, -0.25) is 0 Å². The van der Waals surface area contributed by atoms with Crippen LogP contribution in [-0.2, 0) is 6.37 Å². The lowest BCUT2D eigenvalue weighted by Crippen LogP contribution is -1.97. The molecule has 0 atom stereocenters. The summed E-state index contributed by atoms with van der Waals surface area (Å²) in [6.45, 7) is 4.16. The number of nitrogen functional groups attached to an aromatic ring is 1. The third kappa shape index (κ3) is 2.23. The van der Waals surface area contributed by atoms with Gasteiger partial charge in [0.05, 0.1) is 17.9 Å². The van der Waals surface area contributed by atoms with Crippen LogP contribution in [0.4, 0.5) is 5.69 Å².